The Morgan fingerprint density at radius 3 is 2.71 bits per heavy atom. The van der Waals surface area contributed by atoms with Gasteiger partial charge in [-0.25, -0.2) is 4.39 Å². The highest BCUT2D eigenvalue weighted by molar-refractivity contribution is 5.27. The molecule has 114 valence electrons. The van der Waals surface area contributed by atoms with Crippen LogP contribution in [0.2, 0.25) is 0 Å². The van der Waals surface area contributed by atoms with Crippen LogP contribution in [0.3, 0.4) is 0 Å². The quantitative estimate of drug-likeness (QED) is 0.797. The Bertz CT molecular complexity index is 574. The number of benzene rings is 1. The minimum Gasteiger partial charge on any atom is -0.350 e. The Morgan fingerprint density at radius 1 is 1.24 bits per heavy atom. The topological polar surface area (TPSA) is 17.0 Å². The molecule has 0 bridgehead atoms. The molecule has 0 aliphatic heterocycles. The first kappa shape index (κ1) is 15.8. The van der Waals surface area contributed by atoms with Crippen molar-refractivity contribution in [2.45, 2.75) is 46.2 Å². The van der Waals surface area contributed by atoms with E-state index in [2.05, 4.69) is 42.2 Å². The highest BCUT2D eigenvalue weighted by Crippen LogP contribution is 2.18. The summed E-state index contributed by atoms with van der Waals surface area (Å²) < 4.78 is 15.3. The molecule has 3 heteroatoms. The average Bonchev–Trinajstić information content (AvgIpc) is 2.91. The number of aromatic nitrogens is 1. The highest BCUT2D eigenvalue weighted by atomic mass is 19.1. The van der Waals surface area contributed by atoms with Crippen molar-refractivity contribution in [1.29, 1.82) is 0 Å². The first-order valence-electron chi connectivity index (χ1n) is 7.78. The van der Waals surface area contributed by atoms with Gasteiger partial charge in [-0.1, -0.05) is 19.9 Å². The van der Waals surface area contributed by atoms with Crippen LogP contribution in [0.4, 0.5) is 4.39 Å². The molecule has 1 aromatic carbocycles. The van der Waals surface area contributed by atoms with E-state index < -0.39 is 0 Å². The third-order valence-corrected chi connectivity index (χ3v) is 3.88. The lowest BCUT2D eigenvalue weighted by Gasteiger charge is -2.15. The van der Waals surface area contributed by atoms with Gasteiger partial charge in [-0.3, -0.25) is 0 Å². The molecule has 1 atom stereocenters. The minimum absolute atomic E-state index is 0.167. The van der Waals surface area contributed by atoms with Gasteiger partial charge in [0.1, 0.15) is 5.82 Å². The summed E-state index contributed by atoms with van der Waals surface area (Å²) in [5.74, 6) is -0.167. The molecule has 21 heavy (non-hydrogen) atoms. The van der Waals surface area contributed by atoms with Crippen LogP contribution in [0, 0.1) is 12.7 Å². The Balaban J connectivity index is 2.08. The van der Waals surface area contributed by atoms with Crippen LogP contribution >= 0.6 is 0 Å². The van der Waals surface area contributed by atoms with Gasteiger partial charge in [0.2, 0.25) is 0 Å². The van der Waals surface area contributed by atoms with Crippen molar-refractivity contribution < 1.29 is 4.39 Å². The SMILES string of the molecule is CCCNC(CC)c1ccn(Cc2ccc(F)cc2C)c1. The minimum atomic E-state index is -0.167. The van der Waals surface area contributed by atoms with Crippen LogP contribution < -0.4 is 5.32 Å². The van der Waals surface area contributed by atoms with Crippen molar-refractivity contribution in [2.24, 2.45) is 0 Å². The number of nitrogens with one attached hydrogen (secondary N) is 1. The fourth-order valence-corrected chi connectivity index (χ4v) is 2.61. The van der Waals surface area contributed by atoms with E-state index in [4.69, 9.17) is 0 Å². The molecule has 2 aromatic rings. The molecule has 0 saturated heterocycles. The van der Waals surface area contributed by atoms with E-state index in [1.165, 1.54) is 11.6 Å². The smallest absolute Gasteiger partial charge is 0.123 e. The maximum Gasteiger partial charge on any atom is 0.123 e. The molecule has 0 saturated carbocycles. The van der Waals surface area contributed by atoms with Gasteiger partial charge >= 0.3 is 0 Å². The number of nitrogens with zero attached hydrogens (tertiary/aromatic N) is 1. The largest absolute Gasteiger partial charge is 0.350 e. The van der Waals surface area contributed by atoms with Crippen molar-refractivity contribution in [1.82, 2.24) is 9.88 Å². The number of aryl methyl sites for hydroxylation is 1. The summed E-state index contributed by atoms with van der Waals surface area (Å²) in [6.07, 6.45) is 6.53. The summed E-state index contributed by atoms with van der Waals surface area (Å²) in [5, 5.41) is 3.57. The fraction of sp³-hybridized carbons (Fsp3) is 0.444. The Labute approximate surface area is 127 Å². The van der Waals surface area contributed by atoms with Crippen molar-refractivity contribution in [3.8, 4) is 0 Å². The molecule has 0 amide bonds. The van der Waals surface area contributed by atoms with Gasteiger partial charge in [0.05, 0.1) is 0 Å². The first-order valence-corrected chi connectivity index (χ1v) is 7.78. The van der Waals surface area contributed by atoms with Crippen LogP contribution in [0.25, 0.3) is 0 Å². The molecule has 0 fully saturated rings. The fourth-order valence-electron chi connectivity index (χ4n) is 2.61. The first-order chi connectivity index (χ1) is 10.1. The second-order valence-corrected chi connectivity index (χ2v) is 5.60. The van der Waals surface area contributed by atoms with Gasteiger partial charge in [-0.15, -0.1) is 0 Å². The number of hydrogen-bond donors (Lipinski definition) is 1. The molecular formula is C18H25FN2. The lowest BCUT2D eigenvalue weighted by atomic mass is 10.1. The molecule has 1 N–H and O–H groups in total. The summed E-state index contributed by atoms with van der Waals surface area (Å²) in [6, 6.07) is 7.59. The van der Waals surface area contributed by atoms with Gasteiger partial charge < -0.3 is 9.88 Å². The van der Waals surface area contributed by atoms with E-state index in [-0.39, 0.29) is 5.82 Å². The van der Waals surface area contributed by atoms with E-state index >= 15 is 0 Å². The van der Waals surface area contributed by atoms with Crippen molar-refractivity contribution >= 4 is 0 Å². The number of rotatable bonds is 7. The zero-order valence-corrected chi connectivity index (χ0v) is 13.2. The van der Waals surface area contributed by atoms with E-state index in [0.29, 0.717) is 6.04 Å². The van der Waals surface area contributed by atoms with E-state index in [1.54, 1.807) is 6.07 Å². The Hall–Kier alpha value is -1.61. The summed E-state index contributed by atoms with van der Waals surface area (Å²) in [4.78, 5) is 0. The van der Waals surface area contributed by atoms with E-state index in [1.807, 2.05) is 13.0 Å². The summed E-state index contributed by atoms with van der Waals surface area (Å²) >= 11 is 0. The Kier molecular flexibility index (Phi) is 5.57. The average molecular weight is 288 g/mol. The maximum absolute atomic E-state index is 13.1. The standard InChI is InChI=1S/C18H25FN2/c1-4-9-20-18(5-2)16-8-10-21(13-16)12-15-6-7-17(19)11-14(15)3/h6-8,10-11,13,18,20H,4-5,9,12H2,1-3H3. The molecule has 1 heterocycles. The molecule has 1 aromatic heterocycles. The predicted octanol–water partition coefficient (Wildman–Crippen LogP) is 4.43. The van der Waals surface area contributed by atoms with Crippen molar-refractivity contribution in [3.63, 3.8) is 0 Å². The molecule has 2 rings (SSSR count). The zero-order valence-electron chi connectivity index (χ0n) is 13.2. The molecule has 0 aliphatic carbocycles. The summed E-state index contributed by atoms with van der Waals surface area (Å²) in [6.45, 7) is 8.18. The van der Waals surface area contributed by atoms with Gasteiger partial charge in [-0.05, 0) is 61.2 Å². The van der Waals surface area contributed by atoms with Crippen LogP contribution in [-0.4, -0.2) is 11.1 Å². The maximum atomic E-state index is 13.1. The molecular weight excluding hydrogens is 263 g/mol. The van der Waals surface area contributed by atoms with E-state index in [0.717, 1.165) is 37.1 Å². The molecule has 0 aliphatic rings. The van der Waals surface area contributed by atoms with Gasteiger partial charge in [0, 0.05) is 25.0 Å². The van der Waals surface area contributed by atoms with E-state index in [9.17, 15) is 4.39 Å². The third kappa shape index (κ3) is 4.18. The van der Waals surface area contributed by atoms with Crippen molar-refractivity contribution in [2.75, 3.05) is 6.54 Å². The molecule has 2 nitrogen and oxygen atoms in total. The predicted molar refractivity (Wildman–Crippen MR) is 86.0 cm³/mol. The lowest BCUT2D eigenvalue weighted by Crippen LogP contribution is -2.21. The number of hydrogen-bond acceptors (Lipinski definition) is 1. The van der Waals surface area contributed by atoms with Crippen LogP contribution in [0.15, 0.2) is 36.7 Å². The van der Waals surface area contributed by atoms with Crippen molar-refractivity contribution in [3.05, 3.63) is 59.2 Å². The summed E-state index contributed by atoms with van der Waals surface area (Å²) in [7, 11) is 0. The van der Waals surface area contributed by atoms with Gasteiger partial charge in [0.25, 0.3) is 0 Å². The second kappa shape index (κ2) is 7.41. The normalized spacial score (nSPS) is 12.6. The van der Waals surface area contributed by atoms with Crippen LogP contribution in [0.1, 0.15) is 49.4 Å². The van der Waals surface area contributed by atoms with Crippen LogP contribution in [0.5, 0.6) is 0 Å². The molecule has 0 spiro atoms. The highest BCUT2D eigenvalue weighted by Gasteiger charge is 2.10. The van der Waals surface area contributed by atoms with Gasteiger partial charge in [0.15, 0.2) is 0 Å². The molecule has 1 unspecified atom stereocenters. The number of halogens is 1. The summed E-state index contributed by atoms with van der Waals surface area (Å²) in [5.41, 5.74) is 3.49. The van der Waals surface area contributed by atoms with Crippen LogP contribution in [-0.2, 0) is 6.54 Å². The zero-order chi connectivity index (χ0) is 15.2. The second-order valence-electron chi connectivity index (χ2n) is 5.60. The Morgan fingerprint density at radius 2 is 2.05 bits per heavy atom. The lowest BCUT2D eigenvalue weighted by molar-refractivity contribution is 0.517. The van der Waals surface area contributed by atoms with Gasteiger partial charge in [-0.2, -0.15) is 0 Å². The third-order valence-electron chi connectivity index (χ3n) is 3.88. The monoisotopic (exact) mass is 288 g/mol. The molecule has 0 radical (unpaired) electrons.